The van der Waals surface area contributed by atoms with Crippen LogP contribution in [-0.4, -0.2) is 27.6 Å². The summed E-state index contributed by atoms with van der Waals surface area (Å²) >= 11 is 1.39. The summed E-state index contributed by atoms with van der Waals surface area (Å²) in [6.45, 7) is 3.19. The first-order valence-corrected chi connectivity index (χ1v) is 9.78. The van der Waals surface area contributed by atoms with Crippen LogP contribution in [0.2, 0.25) is 0 Å². The van der Waals surface area contributed by atoms with Crippen molar-refractivity contribution in [3.63, 3.8) is 0 Å². The van der Waals surface area contributed by atoms with E-state index in [-0.39, 0.29) is 0 Å². The number of ether oxygens (including phenoxy) is 2. The summed E-state index contributed by atoms with van der Waals surface area (Å²) in [5.41, 5.74) is 1.51. The summed E-state index contributed by atoms with van der Waals surface area (Å²) in [7, 11) is 1.60. The van der Waals surface area contributed by atoms with E-state index in [2.05, 4.69) is 22.1 Å². The third kappa shape index (κ3) is 5.02. The monoisotopic (exact) mass is 385 g/mol. The predicted molar refractivity (Wildman–Crippen MR) is 104 cm³/mol. The second kappa shape index (κ2) is 9.43. The molecule has 0 radical (unpaired) electrons. The molecule has 0 aliphatic carbocycles. The maximum atomic E-state index is 12.6. The molecule has 0 aliphatic rings. The molecular formula is C20H23N3O3S. The molecule has 2 aromatic heterocycles. The number of hydrogen-bond acceptors (Lipinski definition) is 6. The summed E-state index contributed by atoms with van der Waals surface area (Å²) in [6, 6.07) is 10.2. The van der Waals surface area contributed by atoms with E-state index in [0.717, 1.165) is 23.8 Å². The van der Waals surface area contributed by atoms with Gasteiger partial charge >= 0.3 is 5.97 Å². The number of hydrogen-bond donors (Lipinski definition) is 0. The van der Waals surface area contributed by atoms with Gasteiger partial charge in [0.25, 0.3) is 0 Å². The van der Waals surface area contributed by atoms with Gasteiger partial charge in [-0.3, -0.25) is 0 Å². The van der Waals surface area contributed by atoms with Crippen molar-refractivity contribution in [2.45, 2.75) is 39.0 Å². The smallest absolute Gasteiger partial charge is 0.358 e. The van der Waals surface area contributed by atoms with Crippen LogP contribution in [0.5, 0.6) is 0 Å². The Morgan fingerprint density at radius 3 is 2.85 bits per heavy atom. The second-order valence-corrected chi connectivity index (χ2v) is 6.99. The molecule has 0 aliphatic heterocycles. The fourth-order valence-corrected chi connectivity index (χ4v) is 3.58. The predicted octanol–water partition coefficient (Wildman–Crippen LogP) is 4.04. The minimum Gasteiger partial charge on any atom is -0.449 e. The van der Waals surface area contributed by atoms with Crippen molar-refractivity contribution in [1.82, 2.24) is 14.5 Å². The Bertz CT molecular complexity index is 860. The number of carbonyl (C=O) groups is 1. The number of carbonyl (C=O) groups excluding carboxylic acids is 1. The minimum absolute atomic E-state index is 0.311. The summed E-state index contributed by atoms with van der Waals surface area (Å²) in [4.78, 5) is 21.3. The maximum absolute atomic E-state index is 12.6. The van der Waals surface area contributed by atoms with E-state index >= 15 is 0 Å². The Morgan fingerprint density at radius 1 is 1.30 bits per heavy atom. The summed E-state index contributed by atoms with van der Waals surface area (Å²) < 4.78 is 12.9. The quantitative estimate of drug-likeness (QED) is 0.520. The maximum Gasteiger partial charge on any atom is 0.358 e. The van der Waals surface area contributed by atoms with E-state index < -0.39 is 12.1 Å². The molecule has 0 spiro atoms. The molecule has 27 heavy (non-hydrogen) atoms. The van der Waals surface area contributed by atoms with Crippen LogP contribution in [0.1, 0.15) is 46.3 Å². The van der Waals surface area contributed by atoms with E-state index in [1.54, 1.807) is 18.7 Å². The Hall–Kier alpha value is -2.51. The Kier molecular flexibility index (Phi) is 6.73. The largest absolute Gasteiger partial charge is 0.449 e. The molecule has 1 aromatic carbocycles. The van der Waals surface area contributed by atoms with Crippen molar-refractivity contribution >= 4 is 17.3 Å². The highest BCUT2D eigenvalue weighted by Crippen LogP contribution is 2.24. The van der Waals surface area contributed by atoms with Gasteiger partial charge in [-0.25, -0.2) is 14.8 Å². The zero-order valence-electron chi connectivity index (χ0n) is 15.5. The first-order chi connectivity index (χ1) is 13.2. The second-order valence-electron chi connectivity index (χ2n) is 6.05. The average Bonchev–Trinajstić information content (AvgIpc) is 3.35. The minimum atomic E-state index is -0.433. The van der Waals surface area contributed by atoms with Crippen LogP contribution < -0.4 is 0 Å². The summed E-state index contributed by atoms with van der Waals surface area (Å²) in [5, 5.41) is 2.46. The number of esters is 1. The third-order valence-electron chi connectivity index (χ3n) is 4.19. The highest BCUT2D eigenvalue weighted by atomic mass is 32.1. The lowest BCUT2D eigenvalue weighted by molar-refractivity contribution is 0.0241. The van der Waals surface area contributed by atoms with Crippen LogP contribution in [0.4, 0.5) is 0 Å². The van der Waals surface area contributed by atoms with Gasteiger partial charge < -0.3 is 14.0 Å². The standard InChI is InChI=1S/C20H23N3O3S/c1-3-23-12-11-21-19(23)17(10-9-15-7-5-4-6-8-15)26-20(24)16-14-27-18(22-16)13-25-2/h4-8,11-12,14,17H,3,9-10,13H2,1-2H3. The van der Waals surface area contributed by atoms with E-state index in [0.29, 0.717) is 18.7 Å². The van der Waals surface area contributed by atoms with Crippen molar-refractivity contribution in [2.24, 2.45) is 0 Å². The van der Waals surface area contributed by atoms with Crippen LogP contribution in [-0.2, 0) is 29.0 Å². The highest BCUT2D eigenvalue weighted by molar-refractivity contribution is 7.09. The molecule has 0 saturated carbocycles. The number of nitrogens with zero attached hydrogens (tertiary/aromatic N) is 3. The van der Waals surface area contributed by atoms with Crippen molar-refractivity contribution < 1.29 is 14.3 Å². The molecule has 1 unspecified atom stereocenters. The van der Waals surface area contributed by atoms with Crippen molar-refractivity contribution in [1.29, 1.82) is 0 Å². The molecule has 0 amide bonds. The van der Waals surface area contributed by atoms with E-state index in [1.807, 2.05) is 35.9 Å². The number of rotatable bonds is 9. The van der Waals surface area contributed by atoms with E-state index in [4.69, 9.17) is 9.47 Å². The lowest BCUT2D eigenvalue weighted by Gasteiger charge is -2.18. The van der Waals surface area contributed by atoms with Crippen LogP contribution in [0.3, 0.4) is 0 Å². The van der Waals surface area contributed by atoms with Gasteiger partial charge in [-0.05, 0) is 25.3 Å². The average molecular weight is 385 g/mol. The molecule has 0 bridgehead atoms. The van der Waals surface area contributed by atoms with Crippen molar-refractivity contribution in [3.05, 3.63) is 70.2 Å². The topological polar surface area (TPSA) is 66.2 Å². The van der Waals surface area contributed by atoms with E-state index in [1.165, 1.54) is 16.9 Å². The van der Waals surface area contributed by atoms with Gasteiger partial charge in [0, 0.05) is 31.4 Å². The fourth-order valence-electron chi connectivity index (χ4n) is 2.84. The van der Waals surface area contributed by atoms with Crippen molar-refractivity contribution in [3.8, 4) is 0 Å². The van der Waals surface area contributed by atoms with Gasteiger partial charge in [-0.1, -0.05) is 30.3 Å². The van der Waals surface area contributed by atoms with Gasteiger partial charge in [-0.15, -0.1) is 11.3 Å². The molecule has 6 nitrogen and oxygen atoms in total. The number of methoxy groups -OCH3 is 1. The Morgan fingerprint density at radius 2 is 2.11 bits per heavy atom. The zero-order chi connectivity index (χ0) is 19.1. The Balaban J connectivity index is 1.75. The number of aromatic nitrogens is 3. The molecule has 3 aromatic rings. The fraction of sp³-hybridized carbons (Fsp3) is 0.350. The SMILES string of the molecule is CCn1ccnc1C(CCc1ccccc1)OC(=O)c1csc(COC)n1. The normalized spacial score (nSPS) is 12.1. The van der Waals surface area contributed by atoms with Gasteiger partial charge in [0.2, 0.25) is 0 Å². The van der Waals surface area contributed by atoms with Crippen LogP contribution in [0, 0.1) is 0 Å². The van der Waals surface area contributed by atoms with Crippen LogP contribution >= 0.6 is 11.3 Å². The van der Waals surface area contributed by atoms with Gasteiger partial charge in [-0.2, -0.15) is 0 Å². The van der Waals surface area contributed by atoms with Gasteiger partial charge in [0.1, 0.15) is 10.8 Å². The molecule has 142 valence electrons. The summed E-state index contributed by atoms with van der Waals surface area (Å²) in [5.74, 6) is 0.325. The molecule has 1 atom stereocenters. The zero-order valence-corrected chi connectivity index (χ0v) is 16.3. The Labute approximate surface area is 162 Å². The van der Waals surface area contributed by atoms with E-state index in [9.17, 15) is 4.79 Å². The number of imidazole rings is 1. The number of thiazole rings is 1. The number of benzene rings is 1. The first kappa shape index (κ1) is 19.3. The van der Waals surface area contributed by atoms with Crippen LogP contribution in [0.25, 0.3) is 0 Å². The van der Waals surface area contributed by atoms with Gasteiger partial charge in [0.15, 0.2) is 11.8 Å². The molecule has 3 rings (SSSR count). The lowest BCUT2D eigenvalue weighted by atomic mass is 10.1. The van der Waals surface area contributed by atoms with Crippen molar-refractivity contribution in [2.75, 3.05) is 7.11 Å². The first-order valence-electron chi connectivity index (χ1n) is 8.90. The highest BCUT2D eigenvalue weighted by Gasteiger charge is 2.23. The number of aryl methyl sites for hydroxylation is 2. The van der Waals surface area contributed by atoms with Crippen LogP contribution in [0.15, 0.2) is 48.1 Å². The molecule has 7 heteroatoms. The molecule has 0 N–H and O–H groups in total. The lowest BCUT2D eigenvalue weighted by Crippen LogP contribution is -2.17. The molecule has 0 fully saturated rings. The molecule has 0 saturated heterocycles. The summed E-state index contributed by atoms with van der Waals surface area (Å²) in [6.07, 6.45) is 4.66. The third-order valence-corrected chi connectivity index (χ3v) is 5.01. The van der Waals surface area contributed by atoms with Gasteiger partial charge in [0.05, 0.1) is 6.61 Å². The molecular weight excluding hydrogens is 362 g/mol. The molecule has 2 heterocycles.